The highest BCUT2D eigenvalue weighted by Gasteiger charge is 2.34. The number of aromatic nitrogens is 1. The lowest BCUT2D eigenvalue weighted by atomic mass is 10.1. The molecule has 7 nitrogen and oxygen atoms in total. The molecule has 1 saturated heterocycles. The molecule has 3 N–H and O–H groups in total. The summed E-state index contributed by atoms with van der Waals surface area (Å²) in [4.78, 5) is 36.5. The van der Waals surface area contributed by atoms with E-state index < -0.39 is 23.0 Å². The average molecular weight is 475 g/mol. The number of carboxylic acids is 1. The molecule has 2 aliphatic rings. The highest BCUT2D eigenvalue weighted by atomic mass is 35.5. The lowest BCUT2D eigenvalue weighted by molar-refractivity contribution is -0.145. The number of amides is 1. The first-order chi connectivity index (χ1) is 13.0. The zero-order chi connectivity index (χ0) is 21.1. The highest BCUT2D eigenvalue weighted by Crippen LogP contribution is 2.43. The molecule has 1 amide bonds. The standard InChI is InChI=1S/C15H18ClF2N3O.C2HClO3.ClH/c16-11-8-10(13(19)22)14(20-12(11)9-2-3-9)21-6-1-4-15(17,18)5-7-21;3-1(4)2(5)6;/h8-9H,1-7H2,(H2,19,22);(H,5,6);1H. The molecule has 12 heteroatoms. The van der Waals surface area contributed by atoms with Gasteiger partial charge in [-0.3, -0.25) is 9.59 Å². The van der Waals surface area contributed by atoms with Gasteiger partial charge >= 0.3 is 11.2 Å². The molecule has 0 spiro atoms. The second kappa shape index (κ2) is 10.4. The van der Waals surface area contributed by atoms with E-state index in [1.165, 1.54) is 6.07 Å². The number of aliphatic carboxylic acids is 1. The van der Waals surface area contributed by atoms with Crippen LogP contribution in [-0.2, 0) is 9.59 Å². The van der Waals surface area contributed by atoms with Gasteiger partial charge in [0.15, 0.2) is 0 Å². The Morgan fingerprint density at radius 3 is 2.31 bits per heavy atom. The fourth-order valence-corrected chi connectivity index (χ4v) is 3.14. The Morgan fingerprint density at radius 2 is 1.83 bits per heavy atom. The van der Waals surface area contributed by atoms with Crippen molar-refractivity contribution >= 4 is 58.5 Å². The van der Waals surface area contributed by atoms with Crippen molar-refractivity contribution in [2.45, 2.75) is 43.9 Å². The molecular formula is C17H20Cl3F2N3O4. The zero-order valence-electron chi connectivity index (χ0n) is 15.2. The normalized spacial score (nSPS) is 17.9. The second-order valence-corrected chi connectivity index (χ2v) is 7.39. The van der Waals surface area contributed by atoms with E-state index in [2.05, 4.69) is 16.6 Å². The van der Waals surface area contributed by atoms with Gasteiger partial charge in [0.1, 0.15) is 5.82 Å². The van der Waals surface area contributed by atoms with E-state index in [-0.39, 0.29) is 37.4 Å². The van der Waals surface area contributed by atoms with Crippen molar-refractivity contribution in [1.29, 1.82) is 0 Å². The number of pyridine rings is 1. The topological polar surface area (TPSA) is 114 Å². The summed E-state index contributed by atoms with van der Waals surface area (Å²) in [5.41, 5.74) is 6.37. The van der Waals surface area contributed by atoms with Crippen molar-refractivity contribution in [3.05, 3.63) is 22.3 Å². The molecule has 1 aliphatic heterocycles. The van der Waals surface area contributed by atoms with Crippen molar-refractivity contribution in [1.82, 2.24) is 4.98 Å². The number of rotatable bonds is 4. The Kier molecular flexibility index (Phi) is 9.05. The zero-order valence-corrected chi connectivity index (χ0v) is 17.5. The van der Waals surface area contributed by atoms with Gasteiger partial charge in [-0.25, -0.2) is 18.6 Å². The number of hydrogen-bond donors (Lipinski definition) is 2. The van der Waals surface area contributed by atoms with Gasteiger partial charge in [0.25, 0.3) is 5.91 Å². The van der Waals surface area contributed by atoms with E-state index in [1.54, 1.807) is 4.90 Å². The van der Waals surface area contributed by atoms with Gasteiger partial charge in [-0.2, -0.15) is 0 Å². The average Bonchev–Trinajstić information content (AvgIpc) is 3.43. The van der Waals surface area contributed by atoms with Crippen molar-refractivity contribution < 1.29 is 28.3 Å². The summed E-state index contributed by atoms with van der Waals surface area (Å²) in [5, 5.41) is 6.59. The molecule has 0 unspecified atom stereocenters. The number of primary amides is 1. The van der Waals surface area contributed by atoms with Gasteiger partial charge in [-0.15, -0.1) is 12.4 Å². The fourth-order valence-electron chi connectivity index (χ4n) is 2.83. The summed E-state index contributed by atoms with van der Waals surface area (Å²) in [6, 6.07) is 1.53. The van der Waals surface area contributed by atoms with Crippen molar-refractivity contribution in [2.75, 3.05) is 18.0 Å². The van der Waals surface area contributed by atoms with Gasteiger partial charge in [-0.05, 0) is 36.9 Å². The molecule has 2 fully saturated rings. The molecular weight excluding hydrogens is 455 g/mol. The summed E-state index contributed by atoms with van der Waals surface area (Å²) in [7, 11) is 0. The highest BCUT2D eigenvalue weighted by molar-refractivity contribution is 6.79. The molecule has 0 bridgehead atoms. The number of carboxylic acid groups (broad SMARTS) is 1. The summed E-state index contributed by atoms with van der Waals surface area (Å²) >= 11 is 10.6. The Balaban J connectivity index is 0.000000529. The van der Waals surface area contributed by atoms with Crippen LogP contribution in [0.2, 0.25) is 5.02 Å². The Hall–Kier alpha value is -1.71. The van der Waals surface area contributed by atoms with Crippen LogP contribution in [0.5, 0.6) is 0 Å². The number of halogens is 5. The predicted molar refractivity (Wildman–Crippen MR) is 106 cm³/mol. The maximum absolute atomic E-state index is 13.5. The van der Waals surface area contributed by atoms with Crippen LogP contribution in [0.3, 0.4) is 0 Å². The van der Waals surface area contributed by atoms with Crippen molar-refractivity contribution in [3.63, 3.8) is 0 Å². The largest absolute Gasteiger partial charge is 0.475 e. The van der Waals surface area contributed by atoms with Gasteiger partial charge in [0.2, 0.25) is 5.92 Å². The molecule has 29 heavy (non-hydrogen) atoms. The molecule has 1 aromatic heterocycles. The summed E-state index contributed by atoms with van der Waals surface area (Å²) in [6.45, 7) is 0.598. The Morgan fingerprint density at radius 1 is 1.24 bits per heavy atom. The monoisotopic (exact) mass is 473 g/mol. The number of hydrogen-bond acceptors (Lipinski definition) is 5. The second-order valence-electron chi connectivity index (χ2n) is 6.64. The molecule has 2 heterocycles. The third-order valence-electron chi connectivity index (χ3n) is 4.40. The minimum absolute atomic E-state index is 0. The molecule has 0 aromatic carbocycles. The predicted octanol–water partition coefficient (Wildman–Crippen LogP) is 3.60. The number of nitrogens with zero attached hydrogens (tertiary/aromatic N) is 2. The van der Waals surface area contributed by atoms with E-state index in [4.69, 9.17) is 22.4 Å². The molecule has 3 rings (SSSR count). The number of anilines is 1. The maximum Gasteiger partial charge on any atom is 0.388 e. The number of carbonyl (C=O) groups excluding carboxylic acids is 2. The summed E-state index contributed by atoms with van der Waals surface area (Å²) in [6.07, 6.45) is 2.00. The van der Waals surface area contributed by atoms with Crippen LogP contribution in [0.1, 0.15) is 54.1 Å². The van der Waals surface area contributed by atoms with Crippen LogP contribution < -0.4 is 10.6 Å². The lowest BCUT2D eigenvalue weighted by Gasteiger charge is -2.24. The number of alkyl halides is 2. The van der Waals surface area contributed by atoms with Crippen LogP contribution >= 0.6 is 35.6 Å². The van der Waals surface area contributed by atoms with Gasteiger partial charge in [-0.1, -0.05) is 11.6 Å². The quantitative estimate of drug-likeness (QED) is 0.509. The first kappa shape index (κ1) is 25.3. The summed E-state index contributed by atoms with van der Waals surface area (Å²) in [5.74, 6) is -4.20. The van der Waals surface area contributed by atoms with Crippen LogP contribution in [0.25, 0.3) is 0 Å². The summed E-state index contributed by atoms with van der Waals surface area (Å²) < 4.78 is 27.1. The van der Waals surface area contributed by atoms with Gasteiger partial charge < -0.3 is 15.7 Å². The molecule has 0 atom stereocenters. The smallest absolute Gasteiger partial charge is 0.388 e. The van der Waals surface area contributed by atoms with Crippen molar-refractivity contribution in [2.24, 2.45) is 5.73 Å². The van der Waals surface area contributed by atoms with E-state index in [1.807, 2.05) is 0 Å². The third-order valence-corrected chi connectivity index (χ3v) is 4.86. The van der Waals surface area contributed by atoms with Gasteiger partial charge in [0.05, 0.1) is 16.3 Å². The van der Waals surface area contributed by atoms with E-state index in [0.29, 0.717) is 29.7 Å². The van der Waals surface area contributed by atoms with Crippen LogP contribution in [-0.4, -0.2) is 46.2 Å². The van der Waals surface area contributed by atoms with E-state index in [0.717, 1.165) is 18.5 Å². The minimum atomic E-state index is -2.66. The van der Waals surface area contributed by atoms with Crippen LogP contribution in [0.4, 0.5) is 14.6 Å². The first-order valence-corrected chi connectivity index (χ1v) is 9.33. The maximum atomic E-state index is 13.5. The first-order valence-electron chi connectivity index (χ1n) is 8.57. The molecule has 162 valence electrons. The third kappa shape index (κ3) is 7.24. The SMILES string of the molecule is Cl.NC(=O)c1cc(Cl)c(C2CC2)nc1N1CCCC(F)(F)CC1.O=C(O)C(=O)Cl. The Bertz CT molecular complexity index is 779. The lowest BCUT2D eigenvalue weighted by Crippen LogP contribution is -2.30. The molecule has 1 saturated carbocycles. The number of carbonyl (C=O) groups is 3. The molecule has 0 radical (unpaired) electrons. The van der Waals surface area contributed by atoms with E-state index >= 15 is 0 Å². The fraction of sp³-hybridized carbons (Fsp3) is 0.529. The number of nitrogens with two attached hydrogens (primary N) is 1. The van der Waals surface area contributed by atoms with E-state index in [9.17, 15) is 23.2 Å². The molecule has 1 aliphatic carbocycles. The molecule has 1 aromatic rings. The Labute approximate surface area is 181 Å². The van der Waals surface area contributed by atoms with Crippen LogP contribution in [0, 0.1) is 0 Å². The minimum Gasteiger partial charge on any atom is -0.475 e. The van der Waals surface area contributed by atoms with Crippen molar-refractivity contribution in [3.8, 4) is 0 Å². The van der Waals surface area contributed by atoms with Crippen LogP contribution in [0.15, 0.2) is 6.07 Å². The van der Waals surface area contributed by atoms with Gasteiger partial charge in [0, 0.05) is 31.8 Å².